The summed E-state index contributed by atoms with van der Waals surface area (Å²) in [5.74, 6) is -1.54. The molecule has 4 rings (SSSR count). The van der Waals surface area contributed by atoms with Gasteiger partial charge >= 0.3 is 0 Å². The van der Waals surface area contributed by atoms with Gasteiger partial charge in [0.25, 0.3) is 10.0 Å². The summed E-state index contributed by atoms with van der Waals surface area (Å²) in [6, 6.07) is 15.7. The molecule has 0 saturated heterocycles. The van der Waals surface area contributed by atoms with Crippen LogP contribution in [0, 0.1) is 29.9 Å². The number of aryl methyl sites for hydroxylation is 1. The molecule has 0 aliphatic heterocycles. The average Bonchev–Trinajstić information content (AvgIpc) is 3.17. The fraction of sp³-hybridized carbons (Fsp3) is 0.0455. The minimum atomic E-state index is -3.91. The van der Waals surface area contributed by atoms with Gasteiger partial charge in [-0.1, -0.05) is 18.2 Å². The highest BCUT2D eigenvalue weighted by molar-refractivity contribution is 7.90. The maximum absolute atomic E-state index is 14.9. The van der Waals surface area contributed by atoms with Crippen LogP contribution in [-0.2, 0) is 10.0 Å². The summed E-state index contributed by atoms with van der Waals surface area (Å²) in [4.78, 5) is 0.0798. The van der Waals surface area contributed by atoms with E-state index >= 15 is 0 Å². The molecule has 5 nitrogen and oxygen atoms in total. The Morgan fingerprint density at radius 2 is 1.73 bits per heavy atom. The predicted octanol–water partition coefficient (Wildman–Crippen LogP) is 5.13. The standard InChI is InChI=1S/C22H14F2N2O3S/c1-14-18-9-10-26(30(27,28)17-5-3-2-4-6-17)21(18)12-20(24)22(14)29-16-7-8-19(23)15(11-16)13-25/h2-12H,1H3. The van der Waals surface area contributed by atoms with E-state index in [0.717, 1.165) is 16.1 Å². The normalized spacial score (nSPS) is 11.4. The molecular weight excluding hydrogens is 410 g/mol. The van der Waals surface area contributed by atoms with Gasteiger partial charge in [-0.05, 0) is 37.3 Å². The quantitative estimate of drug-likeness (QED) is 0.455. The lowest BCUT2D eigenvalue weighted by Crippen LogP contribution is -2.11. The number of rotatable bonds is 4. The fourth-order valence-corrected chi connectivity index (χ4v) is 4.54. The molecule has 30 heavy (non-hydrogen) atoms. The van der Waals surface area contributed by atoms with Gasteiger partial charge in [0.05, 0.1) is 16.0 Å². The molecule has 0 atom stereocenters. The van der Waals surface area contributed by atoms with E-state index in [1.165, 1.54) is 30.5 Å². The lowest BCUT2D eigenvalue weighted by Gasteiger charge is -2.13. The highest BCUT2D eigenvalue weighted by Gasteiger charge is 2.22. The van der Waals surface area contributed by atoms with E-state index in [2.05, 4.69) is 0 Å². The van der Waals surface area contributed by atoms with Crippen molar-refractivity contribution < 1.29 is 21.9 Å². The zero-order chi connectivity index (χ0) is 21.5. The maximum atomic E-state index is 14.9. The van der Waals surface area contributed by atoms with Gasteiger partial charge in [0, 0.05) is 29.3 Å². The minimum absolute atomic E-state index is 0.0798. The largest absolute Gasteiger partial charge is 0.454 e. The molecule has 0 radical (unpaired) electrons. The van der Waals surface area contributed by atoms with Gasteiger partial charge in [-0.15, -0.1) is 0 Å². The van der Waals surface area contributed by atoms with Gasteiger partial charge in [-0.2, -0.15) is 5.26 Å². The number of ether oxygens (including phenoxy) is 1. The monoisotopic (exact) mass is 424 g/mol. The van der Waals surface area contributed by atoms with Gasteiger partial charge in [0.1, 0.15) is 17.6 Å². The molecule has 0 amide bonds. The van der Waals surface area contributed by atoms with Crippen molar-refractivity contribution in [3.63, 3.8) is 0 Å². The number of hydrogen-bond donors (Lipinski definition) is 0. The Bertz CT molecular complexity index is 1420. The van der Waals surface area contributed by atoms with Crippen molar-refractivity contribution >= 4 is 20.9 Å². The molecule has 1 aromatic heterocycles. The van der Waals surface area contributed by atoms with E-state index in [1.54, 1.807) is 37.3 Å². The minimum Gasteiger partial charge on any atom is -0.454 e. The van der Waals surface area contributed by atoms with Crippen molar-refractivity contribution in [2.24, 2.45) is 0 Å². The number of hydrogen-bond acceptors (Lipinski definition) is 4. The number of nitrogens with zero attached hydrogens (tertiary/aromatic N) is 2. The Hall–Kier alpha value is -3.70. The second-order valence-electron chi connectivity index (χ2n) is 6.53. The summed E-state index contributed by atoms with van der Waals surface area (Å²) in [7, 11) is -3.91. The van der Waals surface area contributed by atoms with Gasteiger partial charge in [-0.3, -0.25) is 0 Å². The molecule has 0 aliphatic carbocycles. The third-order valence-electron chi connectivity index (χ3n) is 4.69. The first-order chi connectivity index (χ1) is 14.3. The molecular formula is C22H14F2N2O3S. The van der Waals surface area contributed by atoms with E-state index in [-0.39, 0.29) is 27.5 Å². The molecule has 150 valence electrons. The van der Waals surface area contributed by atoms with Crippen LogP contribution in [0.3, 0.4) is 0 Å². The molecule has 0 saturated carbocycles. The molecule has 0 unspecified atom stereocenters. The summed E-state index contributed by atoms with van der Waals surface area (Å²) in [6.07, 6.45) is 1.36. The van der Waals surface area contributed by atoms with Crippen LogP contribution in [-0.4, -0.2) is 12.4 Å². The Labute approximate surface area is 171 Å². The number of fused-ring (bicyclic) bond motifs is 1. The summed E-state index contributed by atoms with van der Waals surface area (Å²) in [6.45, 7) is 1.59. The molecule has 0 spiro atoms. The van der Waals surface area contributed by atoms with E-state index < -0.39 is 21.7 Å². The van der Waals surface area contributed by atoms with Crippen LogP contribution in [0.4, 0.5) is 8.78 Å². The van der Waals surface area contributed by atoms with Crippen LogP contribution in [0.15, 0.2) is 71.8 Å². The van der Waals surface area contributed by atoms with Crippen molar-refractivity contribution in [1.82, 2.24) is 3.97 Å². The summed E-state index contributed by atoms with van der Waals surface area (Å²) >= 11 is 0. The Balaban J connectivity index is 1.82. The summed E-state index contributed by atoms with van der Waals surface area (Å²) in [5, 5.41) is 9.43. The molecule has 1 heterocycles. The highest BCUT2D eigenvalue weighted by atomic mass is 32.2. The summed E-state index contributed by atoms with van der Waals surface area (Å²) in [5.41, 5.74) is 0.305. The van der Waals surface area contributed by atoms with E-state index in [0.29, 0.717) is 10.9 Å². The van der Waals surface area contributed by atoms with Gasteiger partial charge < -0.3 is 4.74 Å². The molecule has 0 N–H and O–H groups in total. The zero-order valence-electron chi connectivity index (χ0n) is 15.6. The van der Waals surface area contributed by atoms with Crippen LogP contribution < -0.4 is 4.74 Å². The van der Waals surface area contributed by atoms with Crippen LogP contribution in [0.2, 0.25) is 0 Å². The van der Waals surface area contributed by atoms with Crippen molar-refractivity contribution in [2.45, 2.75) is 11.8 Å². The highest BCUT2D eigenvalue weighted by Crippen LogP contribution is 2.36. The third kappa shape index (κ3) is 3.19. The third-order valence-corrected chi connectivity index (χ3v) is 6.40. The van der Waals surface area contributed by atoms with Crippen molar-refractivity contribution in [3.8, 4) is 17.6 Å². The zero-order valence-corrected chi connectivity index (χ0v) is 16.5. The van der Waals surface area contributed by atoms with Crippen molar-refractivity contribution in [3.05, 3.63) is 89.6 Å². The summed E-state index contributed by atoms with van der Waals surface area (Å²) < 4.78 is 60.9. The van der Waals surface area contributed by atoms with Gasteiger partial charge in [-0.25, -0.2) is 21.2 Å². The smallest absolute Gasteiger partial charge is 0.268 e. The van der Waals surface area contributed by atoms with Crippen molar-refractivity contribution in [1.29, 1.82) is 5.26 Å². The lowest BCUT2D eigenvalue weighted by atomic mass is 10.1. The molecule has 0 aliphatic rings. The van der Waals surface area contributed by atoms with Crippen LogP contribution in [0.1, 0.15) is 11.1 Å². The number of nitriles is 1. The SMILES string of the molecule is Cc1c(Oc2ccc(F)c(C#N)c2)c(F)cc2c1ccn2S(=O)(=O)c1ccccc1. The number of aromatic nitrogens is 1. The second-order valence-corrected chi connectivity index (χ2v) is 8.35. The van der Waals surface area contributed by atoms with E-state index in [4.69, 9.17) is 10.00 Å². The van der Waals surface area contributed by atoms with Crippen LogP contribution >= 0.6 is 0 Å². The first kappa shape index (κ1) is 19.6. The van der Waals surface area contributed by atoms with E-state index in [9.17, 15) is 17.2 Å². The number of halogens is 2. The predicted molar refractivity (Wildman–Crippen MR) is 107 cm³/mol. The molecule has 3 aromatic carbocycles. The molecule has 4 aromatic rings. The molecule has 8 heteroatoms. The Morgan fingerprint density at radius 3 is 2.43 bits per heavy atom. The lowest BCUT2D eigenvalue weighted by molar-refractivity contribution is 0.438. The maximum Gasteiger partial charge on any atom is 0.268 e. The second kappa shape index (κ2) is 7.28. The van der Waals surface area contributed by atoms with Crippen molar-refractivity contribution in [2.75, 3.05) is 0 Å². The topological polar surface area (TPSA) is 72.1 Å². The molecule has 0 fully saturated rings. The number of benzene rings is 3. The van der Waals surface area contributed by atoms with E-state index in [1.807, 2.05) is 0 Å². The first-order valence-electron chi connectivity index (χ1n) is 8.81. The first-order valence-corrected chi connectivity index (χ1v) is 10.2. The van der Waals surface area contributed by atoms with Gasteiger partial charge in [0.2, 0.25) is 0 Å². The Kier molecular flexibility index (Phi) is 4.76. The van der Waals surface area contributed by atoms with Gasteiger partial charge in [0.15, 0.2) is 11.6 Å². The van der Waals surface area contributed by atoms with Crippen LogP contribution in [0.25, 0.3) is 10.9 Å². The van der Waals surface area contributed by atoms with Crippen LogP contribution in [0.5, 0.6) is 11.5 Å². The Morgan fingerprint density at radius 1 is 1.00 bits per heavy atom. The average molecular weight is 424 g/mol. The fourth-order valence-electron chi connectivity index (χ4n) is 3.18. The molecule has 0 bridgehead atoms.